The molecule has 2 aliphatic heterocycles. The Labute approximate surface area is 354 Å². The zero-order valence-electron chi connectivity index (χ0n) is 35.4. The van der Waals surface area contributed by atoms with Crippen LogP contribution in [0.2, 0.25) is 5.02 Å². The molecule has 4 amide bonds. The number of likely N-dealkylation sites (tertiary alicyclic amines) is 2. The van der Waals surface area contributed by atoms with E-state index in [0.29, 0.717) is 46.8 Å². The SMILES string of the molecule is C=CCC(NC(=O)[C@@H]1CCCN1C(=O)CCC(=O)N1CCCCC1)C(=O)NSC1CC1.CC.CC(C)C.COc1cc(-c2ccccn2)c2ccc(OC)c(Cl)c2n1. The molecule has 14 heteroatoms. The van der Waals surface area contributed by atoms with E-state index in [1.165, 1.54) is 11.9 Å². The third-order valence-electron chi connectivity index (χ3n) is 9.25. The normalized spacial score (nSPS) is 16.3. The van der Waals surface area contributed by atoms with E-state index in [1.54, 1.807) is 31.4 Å². The van der Waals surface area contributed by atoms with Gasteiger partial charge in [0.05, 0.1) is 25.4 Å². The second-order valence-electron chi connectivity index (χ2n) is 14.7. The minimum Gasteiger partial charge on any atom is -0.495 e. The van der Waals surface area contributed by atoms with Crippen molar-refractivity contribution in [2.75, 3.05) is 33.9 Å². The van der Waals surface area contributed by atoms with Crippen LogP contribution >= 0.6 is 23.5 Å². The summed E-state index contributed by atoms with van der Waals surface area (Å²) in [6.07, 6.45) is 10.7. The highest BCUT2D eigenvalue weighted by Gasteiger charge is 2.36. The maximum absolute atomic E-state index is 12.9. The van der Waals surface area contributed by atoms with Crippen molar-refractivity contribution in [3.63, 3.8) is 0 Å². The van der Waals surface area contributed by atoms with E-state index >= 15 is 0 Å². The van der Waals surface area contributed by atoms with Gasteiger partial charge in [0, 0.05) is 60.9 Å². The highest BCUT2D eigenvalue weighted by molar-refractivity contribution is 7.98. The van der Waals surface area contributed by atoms with Crippen molar-refractivity contribution in [2.45, 2.75) is 116 Å². The van der Waals surface area contributed by atoms with Crippen molar-refractivity contribution in [1.29, 1.82) is 0 Å². The van der Waals surface area contributed by atoms with Crippen LogP contribution in [-0.4, -0.2) is 94.6 Å². The van der Waals surface area contributed by atoms with Crippen molar-refractivity contribution >= 4 is 58.1 Å². The van der Waals surface area contributed by atoms with E-state index in [1.807, 2.05) is 55.1 Å². The minimum atomic E-state index is -0.700. The smallest absolute Gasteiger partial charge is 0.252 e. The fraction of sp³-hybridized carbons (Fsp3) is 0.545. The second-order valence-corrected chi connectivity index (χ2v) is 16.2. The topological polar surface area (TPSA) is 143 Å². The second kappa shape index (κ2) is 25.2. The quantitative estimate of drug-likeness (QED) is 0.128. The van der Waals surface area contributed by atoms with Gasteiger partial charge in [-0.25, -0.2) is 4.98 Å². The molecule has 1 aliphatic carbocycles. The van der Waals surface area contributed by atoms with Gasteiger partial charge in [0.15, 0.2) is 0 Å². The maximum atomic E-state index is 12.9. The summed E-state index contributed by atoms with van der Waals surface area (Å²) in [5.74, 6) is 1.19. The Morgan fingerprint density at radius 1 is 0.948 bits per heavy atom. The molecule has 1 saturated carbocycles. The van der Waals surface area contributed by atoms with Crippen molar-refractivity contribution in [1.82, 2.24) is 29.8 Å². The van der Waals surface area contributed by atoms with Gasteiger partial charge in [0.1, 0.15) is 22.9 Å². The van der Waals surface area contributed by atoms with E-state index in [4.69, 9.17) is 21.1 Å². The molecule has 1 unspecified atom stereocenters. The van der Waals surface area contributed by atoms with Crippen molar-refractivity contribution < 1.29 is 28.7 Å². The molecule has 1 aromatic carbocycles. The van der Waals surface area contributed by atoms with Crippen LogP contribution in [0.4, 0.5) is 0 Å². The molecule has 3 fully saturated rings. The Morgan fingerprint density at radius 2 is 1.64 bits per heavy atom. The lowest BCUT2D eigenvalue weighted by Crippen LogP contribution is -2.52. The lowest BCUT2D eigenvalue weighted by atomic mass is 10.1. The number of hydrogen-bond donors (Lipinski definition) is 2. The summed E-state index contributed by atoms with van der Waals surface area (Å²) < 4.78 is 13.3. The summed E-state index contributed by atoms with van der Waals surface area (Å²) in [5.41, 5.74) is 2.39. The number of carbonyl (C=O) groups is 4. The van der Waals surface area contributed by atoms with Crippen LogP contribution in [0, 0.1) is 5.92 Å². The van der Waals surface area contributed by atoms with Crippen molar-refractivity contribution in [3.05, 3.63) is 60.3 Å². The van der Waals surface area contributed by atoms with Crippen LogP contribution in [0.5, 0.6) is 11.6 Å². The van der Waals surface area contributed by atoms with Crippen LogP contribution in [0.3, 0.4) is 0 Å². The van der Waals surface area contributed by atoms with Gasteiger partial charge in [-0.1, -0.05) is 58.4 Å². The number of hydrogen-bond acceptors (Lipinski definition) is 9. The van der Waals surface area contributed by atoms with Gasteiger partial charge in [-0.05, 0) is 93.5 Å². The number of methoxy groups -OCH3 is 2. The summed E-state index contributed by atoms with van der Waals surface area (Å²) in [5, 5.41) is 4.64. The Kier molecular flexibility index (Phi) is 20.9. The Morgan fingerprint density at radius 3 is 2.24 bits per heavy atom. The van der Waals surface area contributed by atoms with E-state index in [-0.39, 0.29) is 36.5 Å². The van der Waals surface area contributed by atoms with Crippen LogP contribution in [0.1, 0.15) is 98.8 Å². The first-order valence-corrected chi connectivity index (χ1v) is 21.8. The molecule has 4 heterocycles. The molecule has 3 aromatic rings. The highest BCUT2D eigenvalue weighted by Crippen LogP contribution is 2.37. The Hall–Kier alpha value is -4.36. The fourth-order valence-corrected chi connectivity index (χ4v) is 7.35. The number of piperidine rings is 1. The van der Waals surface area contributed by atoms with Gasteiger partial charge < -0.3 is 24.6 Å². The molecule has 0 radical (unpaired) electrons. The zero-order valence-corrected chi connectivity index (χ0v) is 36.9. The predicted octanol–water partition coefficient (Wildman–Crippen LogP) is 8.41. The highest BCUT2D eigenvalue weighted by atomic mass is 35.5. The Balaban J connectivity index is 0.000000288. The molecule has 0 bridgehead atoms. The molecule has 2 aromatic heterocycles. The van der Waals surface area contributed by atoms with Crippen molar-refractivity contribution in [2.24, 2.45) is 5.92 Å². The van der Waals surface area contributed by atoms with Gasteiger partial charge in [-0.3, -0.25) is 28.9 Å². The molecule has 58 heavy (non-hydrogen) atoms. The third-order valence-corrected chi connectivity index (χ3v) is 10.7. The van der Waals surface area contributed by atoms with Gasteiger partial charge >= 0.3 is 0 Å². The van der Waals surface area contributed by atoms with Crippen molar-refractivity contribution in [3.8, 4) is 22.9 Å². The molecule has 6 rings (SSSR count). The number of nitrogens with zero attached hydrogens (tertiary/aromatic N) is 4. The largest absolute Gasteiger partial charge is 0.495 e. The zero-order chi connectivity index (χ0) is 42.6. The molecule has 12 nitrogen and oxygen atoms in total. The number of aromatic nitrogens is 2. The van der Waals surface area contributed by atoms with E-state index < -0.39 is 12.1 Å². The lowest BCUT2D eigenvalue weighted by molar-refractivity contribution is -0.141. The van der Waals surface area contributed by atoms with Crippen LogP contribution in [0.15, 0.2) is 55.3 Å². The molecule has 318 valence electrons. The molecule has 2 N–H and O–H groups in total. The summed E-state index contributed by atoms with van der Waals surface area (Å²) in [6.45, 7) is 16.2. The first kappa shape index (κ1) is 48.0. The van der Waals surface area contributed by atoms with Crippen LogP contribution in [-0.2, 0) is 19.2 Å². The summed E-state index contributed by atoms with van der Waals surface area (Å²) in [4.78, 5) is 62.7. The number of rotatable bonds is 13. The average molecular weight is 840 g/mol. The molecule has 2 saturated heterocycles. The van der Waals surface area contributed by atoms with Gasteiger partial charge in [-0.2, -0.15) is 0 Å². The van der Waals surface area contributed by atoms with Gasteiger partial charge in [-0.15, -0.1) is 6.58 Å². The number of pyridine rings is 2. The number of carbonyl (C=O) groups excluding carboxylic acids is 4. The summed E-state index contributed by atoms with van der Waals surface area (Å²) in [7, 11) is 3.15. The predicted molar refractivity (Wildman–Crippen MR) is 235 cm³/mol. The molecule has 2 atom stereocenters. The number of fused-ring (bicyclic) bond motifs is 1. The lowest BCUT2D eigenvalue weighted by Gasteiger charge is -2.28. The van der Waals surface area contributed by atoms with E-state index in [9.17, 15) is 19.2 Å². The van der Waals surface area contributed by atoms with Gasteiger partial charge in [0.25, 0.3) is 5.91 Å². The monoisotopic (exact) mass is 838 g/mol. The summed E-state index contributed by atoms with van der Waals surface area (Å²) >= 11 is 7.77. The first-order chi connectivity index (χ1) is 28.0. The minimum absolute atomic E-state index is 0.0177. The molecular weight excluding hydrogens is 776 g/mol. The van der Waals surface area contributed by atoms with E-state index in [2.05, 4.69) is 47.4 Å². The molecular formula is C44H63ClN6O6S. The van der Waals surface area contributed by atoms with Crippen LogP contribution in [0.25, 0.3) is 22.2 Å². The Bertz CT molecular complexity index is 1780. The van der Waals surface area contributed by atoms with E-state index in [0.717, 1.165) is 74.2 Å². The standard InChI is InChI=1S/C22H34N4O4S.C16H13ClN2O2.C4H10.C2H6/c1-2-7-17(21(29)24-31-16-9-10-16)23-22(30)18-8-6-15-26(18)20(28)12-11-19(27)25-13-4-3-5-14-25;1-20-13-7-6-10-11(12-5-3-4-8-18-12)9-14(21-2)19-16(10)15(13)17;1-4(2)3;1-2/h2,16-18H,1,3-15H2,(H,23,30)(H,24,29);3-9H,1-2H3;4H,1-3H3;1-2H3/t17?,18-;;;/m0.../s1. The van der Waals surface area contributed by atoms with Crippen LogP contribution < -0.4 is 19.5 Å². The number of halogens is 1. The molecule has 0 spiro atoms. The number of nitrogens with one attached hydrogen (secondary N) is 2. The van der Waals surface area contributed by atoms with Gasteiger partial charge in [0.2, 0.25) is 23.6 Å². The number of amides is 4. The number of ether oxygens (including phenoxy) is 2. The molecule has 3 aliphatic rings. The first-order valence-electron chi connectivity index (χ1n) is 20.5. The maximum Gasteiger partial charge on any atom is 0.252 e. The summed E-state index contributed by atoms with van der Waals surface area (Å²) in [6, 6.07) is 10.1. The average Bonchev–Trinajstić information content (AvgIpc) is 3.95. The fourth-order valence-electron chi connectivity index (χ4n) is 6.27. The third kappa shape index (κ3) is 14.8. The number of benzene rings is 1.